The van der Waals surface area contributed by atoms with Crippen LogP contribution in [0.15, 0.2) is 51.0 Å². The van der Waals surface area contributed by atoms with E-state index < -0.39 is 0 Å². The third-order valence-electron chi connectivity index (χ3n) is 6.88. The molecule has 1 saturated carbocycles. The van der Waals surface area contributed by atoms with E-state index in [9.17, 15) is 0 Å². The maximum Gasteiger partial charge on any atom is 0.124 e. The first-order valence-corrected chi connectivity index (χ1v) is 11.8. The Kier molecular flexibility index (Phi) is 6.50. The summed E-state index contributed by atoms with van der Waals surface area (Å²) in [6.45, 7) is 8.46. The lowest BCUT2D eigenvalue weighted by atomic mass is 9.75. The zero-order chi connectivity index (χ0) is 21.0. The molecule has 1 aliphatic carbocycles. The van der Waals surface area contributed by atoms with Gasteiger partial charge in [-0.05, 0) is 68.2 Å². The predicted octanol–water partition coefficient (Wildman–Crippen LogP) is 6.43. The van der Waals surface area contributed by atoms with Crippen molar-refractivity contribution in [1.29, 1.82) is 0 Å². The van der Waals surface area contributed by atoms with E-state index in [0.29, 0.717) is 11.3 Å². The third kappa shape index (κ3) is 4.58. The van der Waals surface area contributed by atoms with Crippen molar-refractivity contribution in [2.45, 2.75) is 72.1 Å². The molecular weight excluding hydrogens is 368 g/mol. The molecule has 4 rings (SSSR count). The Balaban J connectivity index is 1.36. The molecule has 1 N–H and O–H groups in total. The molecule has 0 aromatic heterocycles. The Morgan fingerprint density at radius 3 is 2.87 bits per heavy atom. The van der Waals surface area contributed by atoms with Crippen LogP contribution < -0.4 is 5.32 Å². The molecule has 0 bridgehead atoms. The van der Waals surface area contributed by atoms with Crippen LogP contribution in [0.5, 0.6) is 0 Å². The molecule has 1 aromatic carbocycles. The predicted molar refractivity (Wildman–Crippen MR) is 129 cm³/mol. The summed E-state index contributed by atoms with van der Waals surface area (Å²) in [7, 11) is 0. The van der Waals surface area contributed by atoms with Crippen molar-refractivity contribution in [2.75, 3.05) is 18.4 Å². The number of aliphatic imine (C=N–C) groups is 3. The van der Waals surface area contributed by atoms with E-state index in [-0.39, 0.29) is 0 Å². The Morgan fingerprint density at radius 2 is 2.10 bits per heavy atom. The van der Waals surface area contributed by atoms with Gasteiger partial charge in [0.05, 0.1) is 12.3 Å². The van der Waals surface area contributed by atoms with Gasteiger partial charge in [0, 0.05) is 42.4 Å². The Hall–Kier alpha value is -2.23. The smallest absolute Gasteiger partial charge is 0.124 e. The van der Waals surface area contributed by atoms with E-state index in [4.69, 9.17) is 9.98 Å². The van der Waals surface area contributed by atoms with Crippen molar-refractivity contribution >= 4 is 22.9 Å². The highest BCUT2D eigenvalue weighted by Gasteiger charge is 2.42. The van der Waals surface area contributed by atoms with E-state index in [0.717, 1.165) is 43.9 Å². The van der Waals surface area contributed by atoms with E-state index >= 15 is 0 Å². The largest absolute Gasteiger partial charge is 0.385 e. The average molecular weight is 405 g/mol. The van der Waals surface area contributed by atoms with Crippen LogP contribution >= 0.6 is 0 Å². The van der Waals surface area contributed by atoms with Crippen molar-refractivity contribution in [1.82, 2.24) is 0 Å². The number of rotatable bonds is 9. The fourth-order valence-corrected chi connectivity index (χ4v) is 5.37. The van der Waals surface area contributed by atoms with Crippen LogP contribution in [0.1, 0.15) is 77.7 Å². The first-order chi connectivity index (χ1) is 14.6. The van der Waals surface area contributed by atoms with Crippen LogP contribution in [0.3, 0.4) is 0 Å². The molecule has 0 amide bonds. The molecule has 1 aromatic rings. The standard InChI is InChI=1S/C26H36N4/c1-4-7-25-29-18-23(30-25)21-8-6-9-22(14-21)27-17-20-10-12-26(15-20,11-5-2)24-13-19(3)16-28-24/h6,8-9,14,16,20,27H,4-5,7,10-13,15,17-18H2,1-3H3. The van der Waals surface area contributed by atoms with Gasteiger partial charge in [0.1, 0.15) is 5.84 Å². The van der Waals surface area contributed by atoms with Crippen LogP contribution in [0.2, 0.25) is 0 Å². The third-order valence-corrected chi connectivity index (χ3v) is 6.88. The van der Waals surface area contributed by atoms with E-state index in [2.05, 4.69) is 61.5 Å². The zero-order valence-corrected chi connectivity index (χ0v) is 18.9. The number of allylic oxidation sites excluding steroid dienone is 1. The summed E-state index contributed by atoms with van der Waals surface area (Å²) < 4.78 is 0. The van der Waals surface area contributed by atoms with Crippen LogP contribution in [0.4, 0.5) is 5.69 Å². The Morgan fingerprint density at radius 1 is 1.20 bits per heavy atom. The lowest BCUT2D eigenvalue weighted by Crippen LogP contribution is -2.28. The Labute approximate surface area is 181 Å². The molecule has 0 saturated heterocycles. The van der Waals surface area contributed by atoms with Gasteiger partial charge in [0.2, 0.25) is 0 Å². The van der Waals surface area contributed by atoms with Gasteiger partial charge < -0.3 is 5.32 Å². The molecule has 2 unspecified atom stereocenters. The molecule has 0 spiro atoms. The van der Waals surface area contributed by atoms with Crippen LogP contribution in [-0.4, -0.2) is 30.3 Å². The summed E-state index contributed by atoms with van der Waals surface area (Å²) in [5.74, 6) is 1.72. The van der Waals surface area contributed by atoms with Crippen molar-refractivity contribution in [2.24, 2.45) is 26.3 Å². The molecule has 1 fully saturated rings. The number of nitrogens with one attached hydrogen (secondary N) is 1. The summed E-state index contributed by atoms with van der Waals surface area (Å²) in [4.78, 5) is 14.1. The normalized spacial score (nSPS) is 25.8. The zero-order valence-electron chi connectivity index (χ0n) is 18.9. The van der Waals surface area contributed by atoms with Crippen molar-refractivity contribution in [3.05, 3.63) is 41.6 Å². The maximum atomic E-state index is 4.83. The molecule has 0 radical (unpaired) electrons. The topological polar surface area (TPSA) is 49.1 Å². The van der Waals surface area contributed by atoms with Crippen LogP contribution in [-0.2, 0) is 0 Å². The highest BCUT2D eigenvalue weighted by Crippen LogP contribution is 2.48. The minimum Gasteiger partial charge on any atom is -0.385 e. The molecule has 4 heteroatoms. The first kappa shape index (κ1) is 21.0. The molecule has 2 aliphatic heterocycles. The van der Waals surface area contributed by atoms with Gasteiger partial charge in [0.25, 0.3) is 0 Å². The lowest BCUT2D eigenvalue weighted by molar-refractivity contribution is 0.373. The van der Waals surface area contributed by atoms with E-state index in [1.165, 1.54) is 54.6 Å². The highest BCUT2D eigenvalue weighted by molar-refractivity contribution is 6.12. The first-order valence-electron chi connectivity index (χ1n) is 11.8. The van der Waals surface area contributed by atoms with Crippen LogP contribution in [0, 0.1) is 11.3 Å². The summed E-state index contributed by atoms with van der Waals surface area (Å²) in [5.41, 5.74) is 6.70. The molecule has 2 heterocycles. The summed E-state index contributed by atoms with van der Waals surface area (Å²) in [5, 5.41) is 3.72. The van der Waals surface area contributed by atoms with Gasteiger partial charge >= 0.3 is 0 Å². The van der Waals surface area contributed by atoms with Gasteiger partial charge in [-0.3, -0.25) is 9.98 Å². The van der Waals surface area contributed by atoms with E-state index in [1.54, 1.807) is 0 Å². The molecular formula is C26H36N4. The summed E-state index contributed by atoms with van der Waals surface area (Å²) in [6.07, 6.45) is 11.6. The quantitative estimate of drug-likeness (QED) is 0.506. The van der Waals surface area contributed by atoms with Crippen molar-refractivity contribution in [3.63, 3.8) is 0 Å². The number of hydrogen-bond acceptors (Lipinski definition) is 4. The van der Waals surface area contributed by atoms with Gasteiger partial charge in [-0.1, -0.05) is 32.4 Å². The molecule has 3 aliphatic rings. The van der Waals surface area contributed by atoms with Gasteiger partial charge in [-0.25, -0.2) is 4.99 Å². The average Bonchev–Trinajstić information content (AvgIpc) is 3.48. The molecule has 160 valence electrons. The minimum absolute atomic E-state index is 0.336. The van der Waals surface area contributed by atoms with Gasteiger partial charge in [-0.2, -0.15) is 0 Å². The maximum absolute atomic E-state index is 4.83. The Bertz CT molecular complexity index is 892. The SMILES string of the molecule is CCCC1=NCC(c2cccc(NCC3CCC(CCC)(C4=NC=C(C)C4)C3)c2)=N1. The second-order valence-electron chi connectivity index (χ2n) is 9.37. The van der Waals surface area contributed by atoms with Crippen molar-refractivity contribution in [3.8, 4) is 0 Å². The summed E-state index contributed by atoms with van der Waals surface area (Å²) in [6, 6.07) is 8.71. The van der Waals surface area contributed by atoms with Crippen molar-refractivity contribution < 1.29 is 0 Å². The van der Waals surface area contributed by atoms with Gasteiger partial charge in [0.15, 0.2) is 0 Å². The number of anilines is 1. The second-order valence-corrected chi connectivity index (χ2v) is 9.37. The number of amidine groups is 1. The fourth-order valence-electron chi connectivity index (χ4n) is 5.37. The monoisotopic (exact) mass is 404 g/mol. The number of benzene rings is 1. The number of hydrogen-bond donors (Lipinski definition) is 1. The van der Waals surface area contributed by atoms with Gasteiger partial charge in [-0.15, -0.1) is 0 Å². The van der Waals surface area contributed by atoms with E-state index in [1.807, 2.05) is 0 Å². The summed E-state index contributed by atoms with van der Waals surface area (Å²) >= 11 is 0. The molecule has 4 nitrogen and oxygen atoms in total. The molecule has 30 heavy (non-hydrogen) atoms. The molecule has 2 atom stereocenters. The minimum atomic E-state index is 0.336. The highest BCUT2D eigenvalue weighted by atomic mass is 15.0. The second kappa shape index (κ2) is 9.28. The lowest BCUT2D eigenvalue weighted by Gasteiger charge is -2.30. The number of nitrogens with zero attached hydrogens (tertiary/aromatic N) is 3. The van der Waals surface area contributed by atoms with Crippen LogP contribution in [0.25, 0.3) is 0 Å². The fraction of sp³-hybridized carbons (Fsp3) is 0.577.